The van der Waals surface area contributed by atoms with Gasteiger partial charge in [-0.3, -0.25) is 0 Å². The molecule has 4 nitrogen and oxygen atoms in total. The van der Waals surface area contributed by atoms with E-state index in [9.17, 15) is 4.79 Å². The highest BCUT2D eigenvalue weighted by Gasteiger charge is 2.08. The van der Waals surface area contributed by atoms with Gasteiger partial charge in [-0.15, -0.1) is 0 Å². The number of rotatable bonds is 2. The van der Waals surface area contributed by atoms with Crippen molar-refractivity contribution in [1.29, 1.82) is 0 Å². The third-order valence-corrected chi connectivity index (χ3v) is 3.25. The average Bonchev–Trinajstić information content (AvgIpc) is 2.47. The van der Waals surface area contributed by atoms with Crippen molar-refractivity contribution in [3.8, 4) is 11.1 Å². The second-order valence-corrected chi connectivity index (χ2v) is 4.57. The van der Waals surface area contributed by atoms with Gasteiger partial charge in [0.2, 0.25) is 0 Å². The van der Waals surface area contributed by atoms with Crippen molar-refractivity contribution in [2.45, 2.75) is 0 Å². The van der Waals surface area contributed by atoms with Crippen LogP contribution in [0.25, 0.3) is 22.1 Å². The summed E-state index contributed by atoms with van der Waals surface area (Å²) in [6, 6.07) is 14.7. The third kappa shape index (κ3) is 2.12. The molecule has 0 aliphatic carbocycles. The molecule has 1 aromatic heterocycles. The molecule has 1 heterocycles. The standard InChI is InChI=1S/C16H14N2O2/c1-18-13-7-4-11-8-14(16(19)20-15(11)9-13)10-2-5-12(17)6-3-10/h2-9,18H,17H2,1H3. The SMILES string of the molecule is CNc1ccc2cc(-c3ccc(N)cc3)c(=O)oc2c1. The Labute approximate surface area is 115 Å². The maximum absolute atomic E-state index is 12.1. The number of nitrogens with two attached hydrogens (primary N) is 1. The van der Waals surface area contributed by atoms with Crippen molar-refractivity contribution in [3.63, 3.8) is 0 Å². The van der Waals surface area contributed by atoms with Gasteiger partial charge in [0, 0.05) is 29.9 Å². The van der Waals surface area contributed by atoms with Gasteiger partial charge >= 0.3 is 5.63 Å². The zero-order valence-corrected chi connectivity index (χ0v) is 11.0. The van der Waals surface area contributed by atoms with Gasteiger partial charge in [-0.25, -0.2) is 4.79 Å². The van der Waals surface area contributed by atoms with Gasteiger partial charge in [0.25, 0.3) is 0 Å². The summed E-state index contributed by atoms with van der Waals surface area (Å²) in [7, 11) is 1.82. The van der Waals surface area contributed by atoms with Crippen LogP contribution < -0.4 is 16.7 Å². The zero-order valence-electron chi connectivity index (χ0n) is 11.0. The Morgan fingerprint density at radius 2 is 1.80 bits per heavy atom. The van der Waals surface area contributed by atoms with Crippen LogP contribution in [-0.2, 0) is 0 Å². The summed E-state index contributed by atoms with van der Waals surface area (Å²) in [5, 5.41) is 3.90. The van der Waals surface area contributed by atoms with Crippen LogP contribution in [0.2, 0.25) is 0 Å². The Kier molecular flexibility index (Phi) is 2.91. The fourth-order valence-corrected chi connectivity index (χ4v) is 2.13. The maximum Gasteiger partial charge on any atom is 0.344 e. The summed E-state index contributed by atoms with van der Waals surface area (Å²) in [5.41, 5.74) is 8.78. The van der Waals surface area contributed by atoms with Crippen molar-refractivity contribution in [2.24, 2.45) is 0 Å². The molecule has 100 valence electrons. The Balaban J connectivity index is 2.20. The lowest BCUT2D eigenvalue weighted by Gasteiger charge is -2.05. The second kappa shape index (κ2) is 4.74. The summed E-state index contributed by atoms with van der Waals surface area (Å²) in [6.07, 6.45) is 0. The first-order chi connectivity index (χ1) is 9.67. The van der Waals surface area contributed by atoms with E-state index >= 15 is 0 Å². The Bertz CT molecular complexity index is 820. The smallest absolute Gasteiger partial charge is 0.344 e. The predicted octanol–water partition coefficient (Wildman–Crippen LogP) is 3.08. The second-order valence-electron chi connectivity index (χ2n) is 4.57. The van der Waals surface area contributed by atoms with Crippen LogP contribution in [0.4, 0.5) is 11.4 Å². The molecule has 3 N–H and O–H groups in total. The summed E-state index contributed by atoms with van der Waals surface area (Å²) in [4.78, 5) is 12.1. The first-order valence-corrected chi connectivity index (χ1v) is 6.29. The number of hydrogen-bond acceptors (Lipinski definition) is 4. The van der Waals surface area contributed by atoms with Crippen LogP contribution in [0.3, 0.4) is 0 Å². The van der Waals surface area contributed by atoms with Crippen molar-refractivity contribution in [2.75, 3.05) is 18.1 Å². The van der Waals surface area contributed by atoms with E-state index in [1.165, 1.54) is 0 Å². The van der Waals surface area contributed by atoms with Gasteiger partial charge in [-0.2, -0.15) is 0 Å². The van der Waals surface area contributed by atoms with Crippen molar-refractivity contribution in [1.82, 2.24) is 0 Å². The molecule has 0 bridgehead atoms. The van der Waals surface area contributed by atoms with Crippen molar-refractivity contribution >= 4 is 22.3 Å². The number of anilines is 2. The van der Waals surface area contributed by atoms with Crippen LogP contribution in [-0.4, -0.2) is 7.05 Å². The molecule has 0 radical (unpaired) electrons. The Morgan fingerprint density at radius 3 is 2.50 bits per heavy atom. The highest BCUT2D eigenvalue weighted by molar-refractivity contribution is 5.84. The average molecular weight is 266 g/mol. The third-order valence-electron chi connectivity index (χ3n) is 3.25. The fourth-order valence-electron chi connectivity index (χ4n) is 2.13. The molecule has 0 amide bonds. The molecule has 0 aliphatic rings. The topological polar surface area (TPSA) is 68.3 Å². The van der Waals surface area contributed by atoms with E-state index in [1.807, 2.05) is 43.4 Å². The van der Waals surface area contributed by atoms with Gasteiger partial charge in [-0.05, 0) is 35.9 Å². The summed E-state index contributed by atoms with van der Waals surface area (Å²) in [5.74, 6) is 0. The summed E-state index contributed by atoms with van der Waals surface area (Å²) < 4.78 is 5.39. The molecule has 0 aliphatic heterocycles. The molecule has 3 rings (SSSR count). The Hall–Kier alpha value is -2.75. The summed E-state index contributed by atoms with van der Waals surface area (Å²) in [6.45, 7) is 0. The van der Waals surface area contributed by atoms with Crippen molar-refractivity contribution in [3.05, 3.63) is 59.0 Å². The first-order valence-electron chi connectivity index (χ1n) is 6.29. The van der Waals surface area contributed by atoms with E-state index in [-0.39, 0.29) is 5.63 Å². The zero-order chi connectivity index (χ0) is 14.1. The van der Waals surface area contributed by atoms with Gasteiger partial charge in [0.1, 0.15) is 5.58 Å². The molecule has 0 saturated carbocycles. The van der Waals surface area contributed by atoms with E-state index in [1.54, 1.807) is 12.1 Å². The van der Waals surface area contributed by atoms with Gasteiger partial charge in [0.05, 0.1) is 5.56 Å². The molecule has 0 saturated heterocycles. The minimum atomic E-state index is -0.351. The molecular formula is C16H14N2O2. The monoisotopic (exact) mass is 266 g/mol. The van der Waals surface area contributed by atoms with E-state index in [4.69, 9.17) is 10.2 Å². The van der Waals surface area contributed by atoms with Crippen LogP contribution in [0.1, 0.15) is 0 Å². The lowest BCUT2D eigenvalue weighted by atomic mass is 10.1. The van der Waals surface area contributed by atoms with E-state index in [2.05, 4.69) is 5.32 Å². The van der Waals surface area contributed by atoms with E-state index in [0.29, 0.717) is 16.8 Å². The maximum atomic E-state index is 12.1. The van der Waals surface area contributed by atoms with Gasteiger partial charge < -0.3 is 15.5 Å². The number of nitrogen functional groups attached to an aromatic ring is 1. The Morgan fingerprint density at radius 1 is 1.05 bits per heavy atom. The van der Waals surface area contributed by atoms with Crippen molar-refractivity contribution < 1.29 is 4.42 Å². The molecule has 0 fully saturated rings. The molecule has 20 heavy (non-hydrogen) atoms. The van der Waals surface area contributed by atoms with Crippen LogP contribution in [0, 0.1) is 0 Å². The molecule has 0 unspecified atom stereocenters. The van der Waals surface area contributed by atoms with E-state index in [0.717, 1.165) is 16.6 Å². The van der Waals surface area contributed by atoms with Crippen LogP contribution >= 0.6 is 0 Å². The quantitative estimate of drug-likeness (QED) is 0.552. The fraction of sp³-hybridized carbons (Fsp3) is 0.0625. The largest absolute Gasteiger partial charge is 0.422 e. The normalized spacial score (nSPS) is 10.7. The molecule has 3 aromatic rings. The molecule has 0 atom stereocenters. The minimum absolute atomic E-state index is 0.351. The number of hydrogen-bond donors (Lipinski definition) is 2. The molecular weight excluding hydrogens is 252 g/mol. The summed E-state index contributed by atoms with van der Waals surface area (Å²) >= 11 is 0. The predicted molar refractivity (Wildman–Crippen MR) is 81.9 cm³/mol. The highest BCUT2D eigenvalue weighted by atomic mass is 16.4. The van der Waals surface area contributed by atoms with Crippen LogP contribution in [0.15, 0.2) is 57.7 Å². The minimum Gasteiger partial charge on any atom is -0.422 e. The first kappa shape index (κ1) is 12.3. The number of fused-ring (bicyclic) bond motifs is 1. The lowest BCUT2D eigenvalue weighted by molar-refractivity contribution is 0.563. The molecule has 4 heteroatoms. The van der Waals surface area contributed by atoms with Gasteiger partial charge in [-0.1, -0.05) is 12.1 Å². The number of nitrogens with one attached hydrogen (secondary N) is 1. The highest BCUT2D eigenvalue weighted by Crippen LogP contribution is 2.23. The van der Waals surface area contributed by atoms with E-state index < -0.39 is 0 Å². The molecule has 0 spiro atoms. The van der Waals surface area contributed by atoms with Crippen LogP contribution in [0.5, 0.6) is 0 Å². The molecule has 2 aromatic carbocycles. The van der Waals surface area contributed by atoms with Gasteiger partial charge in [0.15, 0.2) is 0 Å². The lowest BCUT2D eigenvalue weighted by Crippen LogP contribution is -2.03. The number of benzene rings is 2.